The van der Waals surface area contributed by atoms with Gasteiger partial charge in [0.15, 0.2) is 5.13 Å². The summed E-state index contributed by atoms with van der Waals surface area (Å²) in [5.74, 6) is -0.633. The van der Waals surface area contributed by atoms with Crippen LogP contribution in [0.4, 0.5) is 10.8 Å². The predicted octanol–water partition coefficient (Wildman–Crippen LogP) is 2.41. The summed E-state index contributed by atoms with van der Waals surface area (Å²) in [5.41, 5.74) is 1.37. The van der Waals surface area contributed by atoms with E-state index < -0.39 is 12.0 Å². The number of benzene rings is 1. The van der Waals surface area contributed by atoms with E-state index in [1.165, 1.54) is 18.3 Å². The molecule has 1 aromatic carbocycles. The van der Waals surface area contributed by atoms with Gasteiger partial charge in [0.1, 0.15) is 5.69 Å². The van der Waals surface area contributed by atoms with Crippen molar-refractivity contribution in [3.8, 4) is 0 Å². The number of para-hydroxylation sites is 1. The second-order valence-electron chi connectivity index (χ2n) is 4.44. The van der Waals surface area contributed by atoms with Crippen LogP contribution in [0.5, 0.6) is 0 Å². The first kappa shape index (κ1) is 15.1. The van der Waals surface area contributed by atoms with Gasteiger partial charge >= 0.3 is 0 Å². The van der Waals surface area contributed by atoms with E-state index in [4.69, 9.17) is 0 Å². The molecule has 0 aliphatic heterocycles. The molecule has 2 aromatic rings. The number of rotatable bonds is 4. The Labute approximate surface area is 125 Å². The highest BCUT2D eigenvalue weighted by atomic mass is 32.1. The molecule has 21 heavy (non-hydrogen) atoms. The minimum absolute atomic E-state index is 0.212. The Hall–Kier alpha value is -2.25. The molecule has 0 aliphatic rings. The number of nitrogens with zero attached hydrogens (tertiary/aromatic N) is 1. The van der Waals surface area contributed by atoms with Crippen LogP contribution in [-0.2, 0) is 4.79 Å². The van der Waals surface area contributed by atoms with Gasteiger partial charge < -0.3 is 15.7 Å². The molecule has 0 spiro atoms. The summed E-state index contributed by atoms with van der Waals surface area (Å²) < 4.78 is 0. The molecule has 1 atom stereocenters. The van der Waals surface area contributed by atoms with Gasteiger partial charge in [-0.25, -0.2) is 4.98 Å². The molecular formula is C14H15N3O3S. The topological polar surface area (TPSA) is 91.3 Å². The molecule has 1 heterocycles. The number of nitrogens with one attached hydrogen (secondary N) is 2. The number of carbonyl (C=O) groups excluding carboxylic acids is 2. The van der Waals surface area contributed by atoms with Crippen molar-refractivity contribution in [2.75, 3.05) is 10.6 Å². The Bertz CT molecular complexity index is 667. The zero-order valence-corrected chi connectivity index (χ0v) is 12.4. The Morgan fingerprint density at radius 2 is 2.00 bits per heavy atom. The largest absolute Gasteiger partial charge is 0.389 e. The second kappa shape index (κ2) is 6.47. The maximum atomic E-state index is 12.1. The number of amides is 2. The van der Waals surface area contributed by atoms with Crippen LogP contribution in [-0.4, -0.2) is 21.9 Å². The van der Waals surface area contributed by atoms with Crippen LogP contribution in [0.1, 0.15) is 36.0 Å². The smallest absolute Gasteiger partial charge is 0.275 e. The molecule has 110 valence electrons. The van der Waals surface area contributed by atoms with E-state index in [9.17, 15) is 14.7 Å². The molecule has 0 bridgehead atoms. The van der Waals surface area contributed by atoms with Crippen LogP contribution in [0.15, 0.2) is 29.6 Å². The number of aliphatic hydroxyl groups excluding tert-OH is 1. The van der Waals surface area contributed by atoms with Gasteiger partial charge in [0.25, 0.3) is 5.91 Å². The van der Waals surface area contributed by atoms with E-state index in [2.05, 4.69) is 15.6 Å². The van der Waals surface area contributed by atoms with E-state index in [0.717, 1.165) is 0 Å². The van der Waals surface area contributed by atoms with Crippen molar-refractivity contribution >= 4 is 34.0 Å². The fourth-order valence-electron chi connectivity index (χ4n) is 1.75. The van der Waals surface area contributed by atoms with Crippen LogP contribution in [0.25, 0.3) is 0 Å². The van der Waals surface area contributed by atoms with E-state index >= 15 is 0 Å². The van der Waals surface area contributed by atoms with Crippen LogP contribution < -0.4 is 10.6 Å². The lowest BCUT2D eigenvalue weighted by atomic mass is 10.1. The highest BCUT2D eigenvalue weighted by molar-refractivity contribution is 7.14. The van der Waals surface area contributed by atoms with Crippen molar-refractivity contribution in [2.45, 2.75) is 20.0 Å². The maximum absolute atomic E-state index is 12.1. The summed E-state index contributed by atoms with van der Waals surface area (Å²) in [5, 5.41) is 16.8. The number of aromatic nitrogens is 1. The lowest BCUT2D eigenvalue weighted by molar-refractivity contribution is -0.114. The maximum Gasteiger partial charge on any atom is 0.275 e. The molecule has 2 amide bonds. The average molecular weight is 305 g/mol. The molecule has 7 heteroatoms. The molecule has 0 fully saturated rings. The van der Waals surface area contributed by atoms with Gasteiger partial charge in [-0.3, -0.25) is 9.59 Å². The number of carbonyl (C=O) groups is 2. The quantitative estimate of drug-likeness (QED) is 0.809. The molecule has 0 saturated heterocycles. The number of thiazole rings is 1. The zero-order valence-electron chi connectivity index (χ0n) is 11.6. The van der Waals surface area contributed by atoms with Gasteiger partial charge in [0.2, 0.25) is 5.91 Å². The van der Waals surface area contributed by atoms with Gasteiger partial charge in [-0.1, -0.05) is 18.2 Å². The summed E-state index contributed by atoms with van der Waals surface area (Å²) >= 11 is 1.17. The SMILES string of the molecule is CC(=O)Nc1nc(C(=O)Nc2ccccc2C(C)O)cs1. The lowest BCUT2D eigenvalue weighted by Crippen LogP contribution is -2.14. The van der Waals surface area contributed by atoms with E-state index in [1.54, 1.807) is 36.6 Å². The highest BCUT2D eigenvalue weighted by Gasteiger charge is 2.14. The lowest BCUT2D eigenvalue weighted by Gasteiger charge is -2.12. The molecular weight excluding hydrogens is 290 g/mol. The Balaban J connectivity index is 2.15. The van der Waals surface area contributed by atoms with Crippen molar-refractivity contribution in [2.24, 2.45) is 0 Å². The number of hydrogen-bond donors (Lipinski definition) is 3. The Morgan fingerprint density at radius 1 is 1.29 bits per heavy atom. The van der Waals surface area contributed by atoms with E-state index in [0.29, 0.717) is 16.4 Å². The summed E-state index contributed by atoms with van der Waals surface area (Å²) in [6.45, 7) is 3.00. The Kier molecular flexibility index (Phi) is 4.66. The third kappa shape index (κ3) is 3.87. The molecule has 0 radical (unpaired) electrons. The third-order valence-corrected chi connectivity index (χ3v) is 3.44. The first-order valence-electron chi connectivity index (χ1n) is 6.29. The molecule has 2 rings (SSSR count). The standard InChI is InChI=1S/C14H15N3O3S/c1-8(18)10-5-3-4-6-11(10)16-13(20)12-7-21-14(17-12)15-9(2)19/h3-8,18H,1-2H3,(H,16,20)(H,15,17,19). The third-order valence-electron chi connectivity index (χ3n) is 2.68. The molecule has 3 N–H and O–H groups in total. The second-order valence-corrected chi connectivity index (χ2v) is 5.29. The number of aliphatic hydroxyl groups is 1. The van der Waals surface area contributed by atoms with Gasteiger partial charge in [-0.2, -0.15) is 0 Å². The van der Waals surface area contributed by atoms with Crippen LogP contribution in [0.2, 0.25) is 0 Å². The molecule has 6 nitrogen and oxygen atoms in total. The molecule has 1 unspecified atom stereocenters. The highest BCUT2D eigenvalue weighted by Crippen LogP contribution is 2.23. The number of hydrogen-bond acceptors (Lipinski definition) is 5. The fourth-order valence-corrected chi connectivity index (χ4v) is 2.48. The van der Waals surface area contributed by atoms with Gasteiger partial charge in [0.05, 0.1) is 6.10 Å². The summed E-state index contributed by atoms with van der Waals surface area (Å²) in [6.07, 6.45) is -0.688. The van der Waals surface area contributed by atoms with E-state index in [-0.39, 0.29) is 11.6 Å². The fraction of sp³-hybridized carbons (Fsp3) is 0.214. The summed E-state index contributed by atoms with van der Waals surface area (Å²) in [4.78, 5) is 27.1. The summed E-state index contributed by atoms with van der Waals surface area (Å²) in [7, 11) is 0. The van der Waals surface area contributed by atoms with Gasteiger partial charge in [0, 0.05) is 23.6 Å². The number of anilines is 2. The molecule has 0 aliphatic carbocycles. The zero-order chi connectivity index (χ0) is 15.4. The van der Waals surface area contributed by atoms with Crippen molar-refractivity contribution in [3.63, 3.8) is 0 Å². The van der Waals surface area contributed by atoms with Gasteiger partial charge in [-0.15, -0.1) is 11.3 Å². The van der Waals surface area contributed by atoms with Crippen molar-refractivity contribution in [3.05, 3.63) is 40.9 Å². The van der Waals surface area contributed by atoms with Crippen LogP contribution in [0, 0.1) is 0 Å². The minimum Gasteiger partial charge on any atom is -0.389 e. The Morgan fingerprint density at radius 3 is 2.67 bits per heavy atom. The first-order valence-corrected chi connectivity index (χ1v) is 7.17. The van der Waals surface area contributed by atoms with Crippen LogP contribution in [0.3, 0.4) is 0 Å². The minimum atomic E-state index is -0.688. The van der Waals surface area contributed by atoms with Crippen molar-refractivity contribution < 1.29 is 14.7 Å². The average Bonchev–Trinajstić information content (AvgIpc) is 2.86. The van der Waals surface area contributed by atoms with Crippen molar-refractivity contribution in [1.29, 1.82) is 0 Å². The first-order chi connectivity index (χ1) is 9.97. The van der Waals surface area contributed by atoms with Crippen molar-refractivity contribution in [1.82, 2.24) is 4.98 Å². The normalized spacial score (nSPS) is 11.8. The molecule has 0 saturated carbocycles. The molecule has 1 aromatic heterocycles. The van der Waals surface area contributed by atoms with E-state index in [1.807, 2.05) is 0 Å². The monoisotopic (exact) mass is 305 g/mol. The predicted molar refractivity (Wildman–Crippen MR) is 81.4 cm³/mol. The van der Waals surface area contributed by atoms with Crippen LogP contribution >= 0.6 is 11.3 Å². The van der Waals surface area contributed by atoms with Gasteiger partial charge in [-0.05, 0) is 13.0 Å². The summed E-state index contributed by atoms with van der Waals surface area (Å²) in [6, 6.07) is 7.01.